The molecule has 2 N–H and O–H groups in total. The zero-order valence-corrected chi connectivity index (χ0v) is 16.5. The number of nitrogens with zero attached hydrogens (tertiary/aromatic N) is 2. The van der Waals surface area contributed by atoms with Crippen molar-refractivity contribution in [1.29, 1.82) is 0 Å². The lowest BCUT2D eigenvalue weighted by atomic mass is 10.1. The third-order valence-electron chi connectivity index (χ3n) is 4.99. The largest absolute Gasteiger partial charge is 0.494 e. The summed E-state index contributed by atoms with van der Waals surface area (Å²) in [6, 6.07) is 11.1. The number of hydrogen-bond donors (Lipinski definition) is 2. The number of nitrogens with one attached hydrogen (secondary N) is 2. The fourth-order valence-electron chi connectivity index (χ4n) is 3.55. The average molecular weight is 384 g/mol. The highest BCUT2D eigenvalue weighted by molar-refractivity contribution is 6.39. The van der Waals surface area contributed by atoms with Crippen molar-refractivity contribution >= 4 is 17.5 Å². The van der Waals surface area contributed by atoms with Crippen LogP contribution in [0.3, 0.4) is 0 Å². The van der Waals surface area contributed by atoms with Crippen molar-refractivity contribution < 1.29 is 14.3 Å². The number of benzene rings is 1. The molecule has 0 radical (unpaired) electrons. The van der Waals surface area contributed by atoms with Crippen LogP contribution >= 0.6 is 0 Å². The van der Waals surface area contributed by atoms with E-state index >= 15 is 0 Å². The first-order valence-corrected chi connectivity index (χ1v) is 9.76. The highest BCUT2D eigenvalue weighted by Crippen LogP contribution is 2.24. The molecule has 1 aliphatic rings. The Labute approximate surface area is 165 Å². The molecule has 0 aliphatic carbocycles. The molecule has 7 nitrogen and oxygen atoms in total. The maximum absolute atomic E-state index is 12.3. The molecule has 0 spiro atoms. The molecule has 1 atom stereocenters. The Morgan fingerprint density at radius 2 is 1.82 bits per heavy atom. The first kappa shape index (κ1) is 19.9. The van der Waals surface area contributed by atoms with Crippen LogP contribution in [0.2, 0.25) is 0 Å². The Bertz CT molecular complexity index is 794. The second kappa shape index (κ2) is 9.41. The molecule has 1 saturated heterocycles. The summed E-state index contributed by atoms with van der Waals surface area (Å²) in [6.07, 6.45) is 4.32. The number of carbonyl (C=O) groups excluding carboxylic acids is 2. The molecular formula is C21H28N4O3. The Kier molecular flexibility index (Phi) is 6.71. The molecule has 2 heterocycles. The summed E-state index contributed by atoms with van der Waals surface area (Å²) in [5, 5.41) is 5.42. The van der Waals surface area contributed by atoms with Gasteiger partial charge in [0.15, 0.2) is 0 Å². The Balaban J connectivity index is 1.57. The Morgan fingerprint density at radius 3 is 2.43 bits per heavy atom. The fourth-order valence-corrected chi connectivity index (χ4v) is 3.55. The van der Waals surface area contributed by atoms with E-state index in [4.69, 9.17) is 4.74 Å². The molecule has 2 amide bonds. The summed E-state index contributed by atoms with van der Waals surface area (Å²) in [5.74, 6) is -0.579. The van der Waals surface area contributed by atoms with Gasteiger partial charge in [0.05, 0.1) is 12.6 Å². The predicted molar refractivity (Wildman–Crippen MR) is 108 cm³/mol. The summed E-state index contributed by atoms with van der Waals surface area (Å²) >= 11 is 0. The van der Waals surface area contributed by atoms with Gasteiger partial charge in [-0.15, -0.1) is 0 Å². The number of amides is 2. The SMILES string of the molecule is CCOc1ccc(NC(=O)C(=O)NC[C@H](c2cccn2C)N2CCCC2)cc1. The third-order valence-corrected chi connectivity index (χ3v) is 4.99. The van der Waals surface area contributed by atoms with Gasteiger partial charge < -0.3 is 19.9 Å². The Morgan fingerprint density at radius 1 is 1.11 bits per heavy atom. The van der Waals surface area contributed by atoms with Gasteiger partial charge in [-0.3, -0.25) is 14.5 Å². The number of rotatable bonds is 7. The van der Waals surface area contributed by atoms with E-state index in [0.29, 0.717) is 18.8 Å². The van der Waals surface area contributed by atoms with E-state index in [0.717, 1.165) is 37.4 Å². The van der Waals surface area contributed by atoms with E-state index in [1.165, 1.54) is 0 Å². The molecule has 1 aromatic heterocycles. The van der Waals surface area contributed by atoms with Crippen LogP contribution in [-0.4, -0.2) is 47.5 Å². The van der Waals surface area contributed by atoms with E-state index in [-0.39, 0.29) is 6.04 Å². The number of aromatic nitrogens is 1. The van der Waals surface area contributed by atoms with E-state index in [9.17, 15) is 9.59 Å². The number of aryl methyl sites for hydroxylation is 1. The second-order valence-corrected chi connectivity index (χ2v) is 6.92. The number of hydrogen-bond acceptors (Lipinski definition) is 4. The molecule has 0 bridgehead atoms. The minimum atomic E-state index is -0.670. The molecule has 7 heteroatoms. The second-order valence-electron chi connectivity index (χ2n) is 6.92. The van der Waals surface area contributed by atoms with Gasteiger partial charge in [-0.25, -0.2) is 0 Å². The van der Waals surface area contributed by atoms with Crippen molar-refractivity contribution in [2.45, 2.75) is 25.8 Å². The first-order chi connectivity index (χ1) is 13.6. The van der Waals surface area contributed by atoms with Crippen molar-refractivity contribution in [2.24, 2.45) is 7.05 Å². The zero-order chi connectivity index (χ0) is 19.9. The highest BCUT2D eigenvalue weighted by atomic mass is 16.5. The lowest BCUT2D eigenvalue weighted by molar-refractivity contribution is -0.136. The van der Waals surface area contributed by atoms with Crippen LogP contribution in [0.4, 0.5) is 5.69 Å². The molecule has 2 aromatic rings. The lowest BCUT2D eigenvalue weighted by Gasteiger charge is -2.28. The van der Waals surface area contributed by atoms with Gasteiger partial charge in [0.2, 0.25) is 0 Å². The molecule has 1 aliphatic heterocycles. The quantitative estimate of drug-likeness (QED) is 0.719. The topological polar surface area (TPSA) is 75.6 Å². The van der Waals surface area contributed by atoms with Gasteiger partial charge in [0.1, 0.15) is 5.75 Å². The molecule has 3 rings (SSSR count). The van der Waals surface area contributed by atoms with E-state index in [1.807, 2.05) is 26.2 Å². The van der Waals surface area contributed by atoms with Gasteiger partial charge in [0, 0.05) is 31.2 Å². The fraction of sp³-hybridized carbons (Fsp3) is 0.429. The number of anilines is 1. The minimum Gasteiger partial charge on any atom is -0.494 e. The number of ether oxygens (including phenoxy) is 1. The van der Waals surface area contributed by atoms with Gasteiger partial charge in [0.25, 0.3) is 0 Å². The van der Waals surface area contributed by atoms with Crippen molar-refractivity contribution in [3.05, 3.63) is 48.3 Å². The van der Waals surface area contributed by atoms with Crippen molar-refractivity contribution in [1.82, 2.24) is 14.8 Å². The van der Waals surface area contributed by atoms with Gasteiger partial charge >= 0.3 is 11.8 Å². The molecular weight excluding hydrogens is 356 g/mol. The maximum Gasteiger partial charge on any atom is 0.313 e. The summed E-state index contributed by atoms with van der Waals surface area (Å²) in [7, 11) is 2.00. The number of likely N-dealkylation sites (tertiary alicyclic amines) is 1. The summed E-state index contributed by atoms with van der Waals surface area (Å²) in [6.45, 7) is 4.89. The van der Waals surface area contributed by atoms with Crippen LogP contribution in [0, 0.1) is 0 Å². The molecule has 1 aromatic carbocycles. The molecule has 28 heavy (non-hydrogen) atoms. The smallest absolute Gasteiger partial charge is 0.313 e. The van der Waals surface area contributed by atoms with Crippen LogP contribution in [0.25, 0.3) is 0 Å². The minimum absolute atomic E-state index is 0.0599. The van der Waals surface area contributed by atoms with Crippen LogP contribution in [-0.2, 0) is 16.6 Å². The first-order valence-electron chi connectivity index (χ1n) is 9.76. The standard InChI is InChI=1S/C21H28N4O3/c1-3-28-17-10-8-16(9-11-17)23-21(27)20(26)22-15-19(25-13-4-5-14-25)18-7-6-12-24(18)2/h6-12,19H,3-5,13-15H2,1-2H3,(H,22,26)(H,23,27)/t19-/m1/s1. The van der Waals surface area contributed by atoms with Gasteiger partial charge in [-0.1, -0.05) is 0 Å². The predicted octanol–water partition coefficient (Wildman–Crippen LogP) is 2.32. The highest BCUT2D eigenvalue weighted by Gasteiger charge is 2.26. The van der Waals surface area contributed by atoms with E-state index in [1.54, 1.807) is 24.3 Å². The van der Waals surface area contributed by atoms with E-state index < -0.39 is 11.8 Å². The van der Waals surface area contributed by atoms with Crippen molar-refractivity contribution in [3.63, 3.8) is 0 Å². The maximum atomic E-state index is 12.3. The molecule has 0 unspecified atom stereocenters. The van der Waals surface area contributed by atoms with Gasteiger partial charge in [-0.05, 0) is 69.3 Å². The summed E-state index contributed by atoms with van der Waals surface area (Å²) in [4.78, 5) is 26.9. The van der Waals surface area contributed by atoms with Crippen LogP contribution in [0.5, 0.6) is 5.75 Å². The van der Waals surface area contributed by atoms with Crippen molar-refractivity contribution in [2.75, 3.05) is 31.6 Å². The van der Waals surface area contributed by atoms with Gasteiger partial charge in [-0.2, -0.15) is 0 Å². The van der Waals surface area contributed by atoms with Crippen LogP contribution < -0.4 is 15.4 Å². The summed E-state index contributed by atoms with van der Waals surface area (Å²) < 4.78 is 7.44. The normalized spacial score (nSPS) is 15.2. The van der Waals surface area contributed by atoms with E-state index in [2.05, 4.69) is 26.2 Å². The summed E-state index contributed by atoms with van der Waals surface area (Å²) in [5.41, 5.74) is 1.69. The van der Waals surface area contributed by atoms with Crippen LogP contribution in [0.1, 0.15) is 31.5 Å². The lowest BCUT2D eigenvalue weighted by Crippen LogP contribution is -2.41. The molecule has 1 fully saturated rings. The average Bonchev–Trinajstić information content (AvgIpc) is 3.36. The molecule has 150 valence electrons. The van der Waals surface area contributed by atoms with Crippen molar-refractivity contribution in [3.8, 4) is 5.75 Å². The number of carbonyl (C=O) groups is 2. The molecule has 0 saturated carbocycles. The third kappa shape index (κ3) is 4.92. The zero-order valence-electron chi connectivity index (χ0n) is 16.5. The Hall–Kier alpha value is -2.80. The van der Waals surface area contributed by atoms with Crippen LogP contribution in [0.15, 0.2) is 42.6 Å². The monoisotopic (exact) mass is 384 g/mol.